The van der Waals surface area contributed by atoms with Crippen LogP contribution in [0.1, 0.15) is 12.8 Å². The smallest absolute Gasteiger partial charge is 0.312 e. The summed E-state index contributed by atoms with van der Waals surface area (Å²) in [6.45, 7) is 2.48. The van der Waals surface area contributed by atoms with Crippen LogP contribution in [0.25, 0.3) is 0 Å². The summed E-state index contributed by atoms with van der Waals surface area (Å²) in [4.78, 5) is 10.4. The maximum atomic E-state index is 10.4. The van der Waals surface area contributed by atoms with E-state index < -0.39 is 6.03 Å². The number of amides is 2. The Balaban J connectivity index is 1.55. The Morgan fingerprint density at radius 2 is 2.20 bits per heavy atom. The zero-order valence-corrected chi connectivity index (χ0v) is 8.91. The number of nitrogens with one attached hydrogen (secondary N) is 2. The van der Waals surface area contributed by atoms with E-state index in [0.717, 1.165) is 30.8 Å². The fourth-order valence-electron chi connectivity index (χ4n) is 2.69. The zero-order valence-electron chi connectivity index (χ0n) is 8.91. The summed E-state index contributed by atoms with van der Waals surface area (Å²) in [5.41, 5.74) is 4.96. The molecule has 2 amide bonds. The van der Waals surface area contributed by atoms with Gasteiger partial charge >= 0.3 is 6.03 Å². The summed E-state index contributed by atoms with van der Waals surface area (Å²) in [5.74, 6) is 2.44. The quantitative estimate of drug-likeness (QED) is 0.455. The Kier molecular flexibility index (Phi) is 3.26. The molecule has 4 N–H and O–H groups in total. The molecule has 2 bridgehead atoms. The van der Waals surface area contributed by atoms with Crippen LogP contribution in [0.15, 0.2) is 12.2 Å². The second kappa shape index (κ2) is 4.66. The molecule has 1 saturated carbocycles. The Morgan fingerprint density at radius 3 is 2.80 bits per heavy atom. The van der Waals surface area contributed by atoms with Gasteiger partial charge in [0.1, 0.15) is 0 Å². The summed E-state index contributed by atoms with van der Waals surface area (Å²) in [7, 11) is 0. The van der Waals surface area contributed by atoms with Crippen molar-refractivity contribution in [2.75, 3.05) is 19.6 Å². The number of carbonyl (C=O) groups excluding carboxylic acids is 1. The van der Waals surface area contributed by atoms with E-state index in [2.05, 4.69) is 22.8 Å². The van der Waals surface area contributed by atoms with E-state index in [-0.39, 0.29) is 0 Å². The SMILES string of the molecule is NC(=O)NCCNCC1CC2C=CC1C2. The molecule has 3 atom stereocenters. The number of urea groups is 1. The molecule has 2 aliphatic carbocycles. The third kappa shape index (κ3) is 2.72. The Bertz CT molecular complexity index is 265. The number of primary amides is 1. The molecule has 84 valence electrons. The van der Waals surface area contributed by atoms with Crippen LogP contribution in [0.4, 0.5) is 4.79 Å². The Labute approximate surface area is 90.3 Å². The van der Waals surface area contributed by atoms with E-state index in [1.165, 1.54) is 12.8 Å². The molecular formula is C11H19N3O. The van der Waals surface area contributed by atoms with Crippen LogP contribution in [-0.2, 0) is 0 Å². The summed E-state index contributed by atoms with van der Waals surface area (Å²) in [6.07, 6.45) is 7.40. The number of allylic oxidation sites excluding steroid dienone is 2. The van der Waals surface area contributed by atoms with Crippen molar-refractivity contribution in [3.05, 3.63) is 12.2 Å². The van der Waals surface area contributed by atoms with Gasteiger partial charge in [-0.15, -0.1) is 0 Å². The van der Waals surface area contributed by atoms with E-state index in [9.17, 15) is 4.79 Å². The summed E-state index contributed by atoms with van der Waals surface area (Å²) >= 11 is 0. The van der Waals surface area contributed by atoms with Crippen LogP contribution >= 0.6 is 0 Å². The lowest BCUT2D eigenvalue weighted by Gasteiger charge is -2.18. The highest BCUT2D eigenvalue weighted by molar-refractivity contribution is 5.71. The van der Waals surface area contributed by atoms with E-state index >= 15 is 0 Å². The predicted octanol–water partition coefficient (Wildman–Crippen LogP) is 0.456. The van der Waals surface area contributed by atoms with E-state index in [1.807, 2.05) is 0 Å². The van der Waals surface area contributed by atoms with E-state index in [4.69, 9.17) is 5.73 Å². The van der Waals surface area contributed by atoms with Gasteiger partial charge in [0.25, 0.3) is 0 Å². The van der Waals surface area contributed by atoms with Crippen molar-refractivity contribution in [3.8, 4) is 0 Å². The minimum absolute atomic E-state index is 0.445. The number of hydrogen-bond donors (Lipinski definition) is 3. The average Bonchev–Trinajstić information content (AvgIpc) is 2.78. The normalized spacial score (nSPS) is 32.1. The second-order valence-corrected chi connectivity index (χ2v) is 4.54. The van der Waals surface area contributed by atoms with Gasteiger partial charge in [-0.2, -0.15) is 0 Å². The molecule has 0 aromatic heterocycles. The predicted molar refractivity (Wildman–Crippen MR) is 59.3 cm³/mol. The Morgan fingerprint density at radius 1 is 1.33 bits per heavy atom. The van der Waals surface area contributed by atoms with Crippen molar-refractivity contribution < 1.29 is 4.79 Å². The number of rotatable bonds is 5. The van der Waals surface area contributed by atoms with Crippen LogP contribution in [0, 0.1) is 17.8 Å². The van der Waals surface area contributed by atoms with Gasteiger partial charge in [0.2, 0.25) is 0 Å². The number of nitrogens with two attached hydrogens (primary N) is 1. The first-order chi connectivity index (χ1) is 7.25. The molecule has 4 heteroatoms. The van der Waals surface area contributed by atoms with Gasteiger partial charge < -0.3 is 16.4 Å². The molecule has 0 aromatic rings. The molecule has 2 rings (SSSR count). The third-order valence-corrected chi connectivity index (χ3v) is 3.42. The van der Waals surface area contributed by atoms with Gasteiger partial charge in [-0.3, -0.25) is 0 Å². The lowest BCUT2D eigenvalue weighted by molar-refractivity contribution is 0.249. The number of fused-ring (bicyclic) bond motifs is 2. The van der Waals surface area contributed by atoms with Crippen LogP contribution in [0.5, 0.6) is 0 Å². The van der Waals surface area contributed by atoms with Crippen molar-refractivity contribution in [1.82, 2.24) is 10.6 Å². The minimum Gasteiger partial charge on any atom is -0.352 e. The molecule has 0 radical (unpaired) electrons. The summed E-state index contributed by atoms with van der Waals surface area (Å²) < 4.78 is 0. The molecule has 0 aliphatic heterocycles. The van der Waals surface area contributed by atoms with Crippen molar-refractivity contribution in [3.63, 3.8) is 0 Å². The monoisotopic (exact) mass is 209 g/mol. The maximum Gasteiger partial charge on any atom is 0.312 e. The Hall–Kier alpha value is -1.03. The van der Waals surface area contributed by atoms with Crippen LogP contribution in [0.2, 0.25) is 0 Å². The van der Waals surface area contributed by atoms with Gasteiger partial charge in [-0.25, -0.2) is 4.79 Å². The van der Waals surface area contributed by atoms with Gasteiger partial charge in [0, 0.05) is 13.1 Å². The van der Waals surface area contributed by atoms with Crippen LogP contribution in [0.3, 0.4) is 0 Å². The second-order valence-electron chi connectivity index (χ2n) is 4.54. The topological polar surface area (TPSA) is 67.2 Å². The molecular weight excluding hydrogens is 190 g/mol. The highest BCUT2D eigenvalue weighted by Crippen LogP contribution is 2.42. The molecule has 0 saturated heterocycles. The third-order valence-electron chi connectivity index (χ3n) is 3.42. The highest BCUT2D eigenvalue weighted by atomic mass is 16.2. The molecule has 0 spiro atoms. The summed E-state index contributed by atoms with van der Waals surface area (Å²) in [6, 6.07) is -0.445. The maximum absolute atomic E-state index is 10.4. The van der Waals surface area contributed by atoms with E-state index in [0.29, 0.717) is 6.54 Å². The number of hydrogen-bond acceptors (Lipinski definition) is 2. The van der Waals surface area contributed by atoms with Crippen molar-refractivity contribution >= 4 is 6.03 Å². The molecule has 4 nitrogen and oxygen atoms in total. The lowest BCUT2D eigenvalue weighted by atomic mass is 9.94. The molecule has 3 unspecified atom stereocenters. The fraction of sp³-hybridized carbons (Fsp3) is 0.727. The standard InChI is InChI=1S/C11H19N3O/c12-11(15)14-4-3-13-7-10-6-8-1-2-9(10)5-8/h1-2,8-10,13H,3-7H2,(H3,12,14,15). The minimum atomic E-state index is -0.445. The lowest BCUT2D eigenvalue weighted by Crippen LogP contribution is -2.37. The van der Waals surface area contributed by atoms with E-state index in [1.54, 1.807) is 0 Å². The zero-order chi connectivity index (χ0) is 10.7. The van der Waals surface area contributed by atoms with Gasteiger partial charge in [0.15, 0.2) is 0 Å². The molecule has 1 fully saturated rings. The van der Waals surface area contributed by atoms with Crippen LogP contribution in [-0.4, -0.2) is 25.7 Å². The highest BCUT2D eigenvalue weighted by Gasteiger charge is 2.34. The van der Waals surface area contributed by atoms with Crippen molar-refractivity contribution in [2.45, 2.75) is 12.8 Å². The first-order valence-electron chi connectivity index (χ1n) is 5.68. The van der Waals surface area contributed by atoms with Crippen molar-refractivity contribution in [1.29, 1.82) is 0 Å². The molecule has 2 aliphatic rings. The van der Waals surface area contributed by atoms with Gasteiger partial charge in [0.05, 0.1) is 0 Å². The summed E-state index contributed by atoms with van der Waals surface area (Å²) in [5, 5.41) is 5.93. The fourth-order valence-corrected chi connectivity index (χ4v) is 2.69. The first-order valence-corrected chi connectivity index (χ1v) is 5.68. The largest absolute Gasteiger partial charge is 0.352 e. The van der Waals surface area contributed by atoms with Crippen molar-refractivity contribution in [2.24, 2.45) is 23.5 Å². The molecule has 0 aromatic carbocycles. The van der Waals surface area contributed by atoms with Gasteiger partial charge in [-0.1, -0.05) is 12.2 Å². The van der Waals surface area contributed by atoms with Crippen LogP contribution < -0.4 is 16.4 Å². The first kappa shape index (κ1) is 10.5. The van der Waals surface area contributed by atoms with Gasteiger partial charge in [-0.05, 0) is 37.1 Å². The molecule has 15 heavy (non-hydrogen) atoms. The molecule has 0 heterocycles. The average molecular weight is 209 g/mol. The number of carbonyl (C=O) groups is 1.